The molecule has 0 aromatic carbocycles. The number of hydrogen-bond acceptors (Lipinski definition) is 4. The van der Waals surface area contributed by atoms with Crippen molar-refractivity contribution in [3.63, 3.8) is 0 Å². The van der Waals surface area contributed by atoms with Crippen LogP contribution in [-0.4, -0.2) is 27.5 Å². The van der Waals surface area contributed by atoms with Crippen LogP contribution in [0.3, 0.4) is 0 Å². The highest BCUT2D eigenvalue weighted by molar-refractivity contribution is 8.22. The maximum atomic E-state index is 9.31. The Morgan fingerprint density at radius 2 is 2.00 bits per heavy atom. The SMILES string of the molecule is OCCC(O)C1SC=CS1. The molecule has 0 amide bonds. The van der Waals surface area contributed by atoms with Crippen molar-refractivity contribution in [1.82, 2.24) is 0 Å². The van der Waals surface area contributed by atoms with Crippen LogP contribution in [0, 0.1) is 0 Å². The van der Waals surface area contributed by atoms with E-state index in [1.165, 1.54) is 0 Å². The first-order valence-electron chi connectivity index (χ1n) is 3.09. The number of thioether (sulfide) groups is 2. The molecular formula is C6H10O2S2. The summed E-state index contributed by atoms with van der Waals surface area (Å²) >= 11 is 3.22. The van der Waals surface area contributed by atoms with Crippen LogP contribution < -0.4 is 0 Å². The van der Waals surface area contributed by atoms with Crippen LogP contribution in [0.4, 0.5) is 0 Å². The van der Waals surface area contributed by atoms with Gasteiger partial charge in [0.1, 0.15) is 0 Å². The third-order valence-electron chi connectivity index (χ3n) is 1.22. The van der Waals surface area contributed by atoms with Crippen molar-refractivity contribution in [3.8, 4) is 0 Å². The Labute approximate surface area is 68.7 Å². The second kappa shape index (κ2) is 4.28. The monoisotopic (exact) mass is 178 g/mol. The summed E-state index contributed by atoms with van der Waals surface area (Å²) in [6.07, 6.45) is 0.0989. The van der Waals surface area contributed by atoms with Crippen LogP contribution in [0.15, 0.2) is 10.8 Å². The Balaban J connectivity index is 2.21. The maximum Gasteiger partial charge on any atom is 0.0844 e. The zero-order valence-electron chi connectivity index (χ0n) is 5.43. The molecule has 0 fully saturated rings. The lowest BCUT2D eigenvalue weighted by Crippen LogP contribution is -2.19. The molecule has 58 valence electrons. The second-order valence-electron chi connectivity index (χ2n) is 1.99. The van der Waals surface area contributed by atoms with Crippen LogP contribution in [0.2, 0.25) is 0 Å². The second-order valence-corrected chi connectivity index (χ2v) is 4.40. The number of rotatable bonds is 3. The van der Waals surface area contributed by atoms with Crippen molar-refractivity contribution >= 4 is 23.5 Å². The Bertz CT molecular complexity index is 119. The normalized spacial score (nSPS) is 21.8. The molecule has 1 heterocycles. The van der Waals surface area contributed by atoms with E-state index in [0.29, 0.717) is 6.42 Å². The van der Waals surface area contributed by atoms with Gasteiger partial charge in [-0.25, -0.2) is 0 Å². The lowest BCUT2D eigenvalue weighted by Gasteiger charge is -2.14. The summed E-state index contributed by atoms with van der Waals surface area (Å²) in [6.45, 7) is 0.0682. The molecule has 2 nitrogen and oxygen atoms in total. The van der Waals surface area contributed by atoms with E-state index in [0.717, 1.165) is 0 Å². The highest BCUT2D eigenvalue weighted by atomic mass is 32.2. The minimum absolute atomic E-state index is 0.0682. The zero-order valence-corrected chi connectivity index (χ0v) is 7.07. The summed E-state index contributed by atoms with van der Waals surface area (Å²) in [5, 5.41) is 21.7. The van der Waals surface area contributed by atoms with Gasteiger partial charge in [-0.3, -0.25) is 0 Å². The lowest BCUT2D eigenvalue weighted by molar-refractivity contribution is 0.147. The lowest BCUT2D eigenvalue weighted by atomic mass is 10.3. The summed E-state index contributed by atoms with van der Waals surface area (Å²) in [5.74, 6) is 0. The molecule has 0 spiro atoms. The summed E-state index contributed by atoms with van der Waals surface area (Å²) in [4.78, 5) is 0. The largest absolute Gasteiger partial charge is 0.396 e. The van der Waals surface area contributed by atoms with Crippen molar-refractivity contribution in [2.45, 2.75) is 17.1 Å². The van der Waals surface area contributed by atoms with Gasteiger partial charge in [-0.15, -0.1) is 23.5 Å². The van der Waals surface area contributed by atoms with Gasteiger partial charge in [-0.2, -0.15) is 0 Å². The van der Waals surface area contributed by atoms with Crippen molar-refractivity contribution in [3.05, 3.63) is 10.8 Å². The van der Waals surface area contributed by atoms with Gasteiger partial charge in [0.25, 0.3) is 0 Å². The van der Waals surface area contributed by atoms with Crippen LogP contribution >= 0.6 is 23.5 Å². The molecule has 0 saturated heterocycles. The Morgan fingerprint density at radius 3 is 2.50 bits per heavy atom. The van der Waals surface area contributed by atoms with Crippen molar-refractivity contribution < 1.29 is 10.2 Å². The number of hydrogen-bond donors (Lipinski definition) is 2. The molecule has 0 bridgehead atoms. The van der Waals surface area contributed by atoms with Gasteiger partial charge in [0.2, 0.25) is 0 Å². The molecule has 0 aromatic heterocycles. The van der Waals surface area contributed by atoms with Crippen molar-refractivity contribution in [2.24, 2.45) is 0 Å². The van der Waals surface area contributed by atoms with Gasteiger partial charge in [0.05, 0.1) is 10.7 Å². The Kier molecular flexibility index (Phi) is 3.62. The average molecular weight is 178 g/mol. The Morgan fingerprint density at radius 1 is 1.40 bits per heavy atom. The van der Waals surface area contributed by atoms with Crippen LogP contribution in [0.1, 0.15) is 6.42 Å². The zero-order chi connectivity index (χ0) is 7.40. The molecule has 2 N–H and O–H groups in total. The molecule has 1 rings (SSSR count). The first-order chi connectivity index (χ1) is 4.84. The third-order valence-corrected chi connectivity index (χ3v) is 3.81. The van der Waals surface area contributed by atoms with E-state index in [4.69, 9.17) is 5.11 Å². The molecule has 1 aliphatic rings. The van der Waals surface area contributed by atoms with E-state index >= 15 is 0 Å². The fourth-order valence-electron chi connectivity index (χ4n) is 0.701. The van der Waals surface area contributed by atoms with Crippen molar-refractivity contribution in [2.75, 3.05) is 6.61 Å². The summed E-state index contributed by atoms with van der Waals surface area (Å²) in [7, 11) is 0. The van der Waals surface area contributed by atoms with Gasteiger partial charge >= 0.3 is 0 Å². The summed E-state index contributed by atoms with van der Waals surface area (Å²) in [5.41, 5.74) is 0. The molecule has 0 aliphatic carbocycles. The standard InChI is InChI=1S/C6H10O2S2/c7-2-1-5(8)6-9-3-4-10-6/h3-8H,1-2H2. The fraction of sp³-hybridized carbons (Fsp3) is 0.667. The van der Waals surface area contributed by atoms with E-state index in [1.54, 1.807) is 23.5 Å². The van der Waals surface area contributed by atoms with Crippen LogP contribution in [0.25, 0.3) is 0 Å². The first kappa shape index (κ1) is 8.46. The third kappa shape index (κ3) is 2.20. The van der Waals surface area contributed by atoms with Crippen molar-refractivity contribution in [1.29, 1.82) is 0 Å². The molecule has 1 aliphatic heterocycles. The van der Waals surface area contributed by atoms with Gasteiger partial charge in [-0.1, -0.05) is 0 Å². The molecule has 1 unspecified atom stereocenters. The minimum Gasteiger partial charge on any atom is -0.396 e. The molecule has 0 saturated carbocycles. The number of aliphatic hydroxyl groups excluding tert-OH is 2. The molecule has 0 radical (unpaired) electrons. The predicted molar refractivity (Wildman–Crippen MR) is 45.8 cm³/mol. The van der Waals surface area contributed by atoms with E-state index in [9.17, 15) is 5.11 Å². The Hall–Kier alpha value is 0.360. The number of aliphatic hydroxyl groups is 2. The summed E-state index contributed by atoms with van der Waals surface area (Å²) < 4.78 is 0.201. The quantitative estimate of drug-likeness (QED) is 0.676. The average Bonchev–Trinajstić information content (AvgIpc) is 2.38. The highest BCUT2D eigenvalue weighted by Crippen LogP contribution is 2.36. The van der Waals surface area contributed by atoms with Gasteiger partial charge in [-0.05, 0) is 17.2 Å². The fourth-order valence-corrected chi connectivity index (χ4v) is 2.80. The van der Waals surface area contributed by atoms with Gasteiger partial charge < -0.3 is 10.2 Å². The smallest absolute Gasteiger partial charge is 0.0844 e. The molecule has 10 heavy (non-hydrogen) atoms. The van der Waals surface area contributed by atoms with E-state index in [2.05, 4.69) is 0 Å². The predicted octanol–water partition coefficient (Wildman–Crippen LogP) is 1.01. The van der Waals surface area contributed by atoms with Crippen LogP contribution in [-0.2, 0) is 0 Å². The topological polar surface area (TPSA) is 40.5 Å². The maximum absolute atomic E-state index is 9.31. The minimum atomic E-state index is -0.380. The van der Waals surface area contributed by atoms with E-state index in [1.807, 2.05) is 10.8 Å². The molecular weight excluding hydrogens is 168 g/mol. The highest BCUT2D eigenvalue weighted by Gasteiger charge is 2.20. The summed E-state index contributed by atoms with van der Waals surface area (Å²) in [6, 6.07) is 0. The van der Waals surface area contributed by atoms with Gasteiger partial charge in [0.15, 0.2) is 0 Å². The molecule has 1 atom stereocenters. The van der Waals surface area contributed by atoms with E-state index < -0.39 is 0 Å². The first-order valence-corrected chi connectivity index (χ1v) is 4.98. The van der Waals surface area contributed by atoms with E-state index in [-0.39, 0.29) is 17.3 Å². The van der Waals surface area contributed by atoms with Crippen LogP contribution in [0.5, 0.6) is 0 Å². The molecule has 0 aromatic rings. The van der Waals surface area contributed by atoms with Gasteiger partial charge in [0, 0.05) is 6.61 Å². The molecule has 4 heteroatoms.